The molecule has 1 fully saturated rings. The average molecular weight is 320 g/mol. The van der Waals surface area contributed by atoms with E-state index in [1.54, 1.807) is 11.3 Å². The predicted molar refractivity (Wildman–Crippen MR) is 90.0 cm³/mol. The molecule has 2 heterocycles. The van der Waals surface area contributed by atoms with Crippen LogP contribution in [0.3, 0.4) is 0 Å². The highest BCUT2D eigenvalue weighted by Crippen LogP contribution is 2.36. The highest BCUT2D eigenvalue weighted by molar-refractivity contribution is 7.71. The number of aromatic amines is 1. The van der Waals surface area contributed by atoms with E-state index in [0.29, 0.717) is 10.7 Å². The minimum Gasteiger partial charge on any atom is -0.323 e. The minimum absolute atomic E-state index is 0.146. The van der Waals surface area contributed by atoms with E-state index in [2.05, 4.69) is 11.9 Å². The van der Waals surface area contributed by atoms with Gasteiger partial charge in [-0.1, -0.05) is 12.8 Å². The van der Waals surface area contributed by atoms with Crippen molar-refractivity contribution >= 4 is 33.8 Å². The predicted octanol–water partition coefficient (Wildman–Crippen LogP) is 4.36. The molecule has 0 amide bonds. The van der Waals surface area contributed by atoms with Crippen molar-refractivity contribution in [3.63, 3.8) is 0 Å². The summed E-state index contributed by atoms with van der Waals surface area (Å²) in [6, 6.07) is 0.213. The highest BCUT2D eigenvalue weighted by atomic mass is 32.1. The van der Waals surface area contributed by atoms with Gasteiger partial charge in [0.1, 0.15) is 4.83 Å². The largest absolute Gasteiger partial charge is 0.323 e. The second-order valence-corrected chi connectivity index (χ2v) is 7.94. The van der Waals surface area contributed by atoms with E-state index in [0.717, 1.165) is 23.1 Å². The molecule has 112 valence electrons. The Labute approximate surface area is 133 Å². The van der Waals surface area contributed by atoms with Crippen LogP contribution in [0.2, 0.25) is 0 Å². The number of nitrogens with zero attached hydrogens (tertiary/aromatic N) is 1. The van der Waals surface area contributed by atoms with E-state index >= 15 is 0 Å². The van der Waals surface area contributed by atoms with Crippen LogP contribution < -0.4 is 5.56 Å². The third-order valence-electron chi connectivity index (χ3n) is 5.28. The van der Waals surface area contributed by atoms with Gasteiger partial charge in [-0.05, 0) is 62.7 Å². The van der Waals surface area contributed by atoms with Crippen molar-refractivity contribution in [1.82, 2.24) is 9.55 Å². The molecule has 0 radical (unpaired) electrons. The zero-order valence-corrected chi connectivity index (χ0v) is 13.9. The molecule has 0 aromatic carbocycles. The Bertz CT molecular complexity index is 808. The highest BCUT2D eigenvalue weighted by Gasteiger charge is 2.27. The fraction of sp³-hybridized carbons (Fsp3) is 0.625. The van der Waals surface area contributed by atoms with Gasteiger partial charge in [0.2, 0.25) is 0 Å². The van der Waals surface area contributed by atoms with Crippen LogP contribution >= 0.6 is 23.6 Å². The summed E-state index contributed by atoms with van der Waals surface area (Å²) < 4.78 is 2.46. The molecule has 2 aliphatic rings. The fourth-order valence-electron chi connectivity index (χ4n) is 4.11. The molecular formula is C16H20N2OS2. The number of hydrogen-bond acceptors (Lipinski definition) is 3. The lowest BCUT2D eigenvalue weighted by molar-refractivity contribution is 0.348. The van der Waals surface area contributed by atoms with Crippen LogP contribution in [0.25, 0.3) is 10.2 Å². The monoisotopic (exact) mass is 320 g/mol. The number of aryl methyl sites for hydroxylation is 2. The number of aromatic nitrogens is 2. The molecule has 0 saturated heterocycles. The van der Waals surface area contributed by atoms with E-state index in [1.807, 2.05) is 4.57 Å². The van der Waals surface area contributed by atoms with Crippen LogP contribution in [0.5, 0.6) is 0 Å². The maximum Gasteiger partial charge on any atom is 0.263 e. The number of nitrogens with one attached hydrogen (secondary N) is 1. The molecule has 1 saturated carbocycles. The van der Waals surface area contributed by atoms with Gasteiger partial charge >= 0.3 is 0 Å². The van der Waals surface area contributed by atoms with Gasteiger partial charge in [0.15, 0.2) is 4.77 Å². The van der Waals surface area contributed by atoms with Crippen LogP contribution in [0.4, 0.5) is 0 Å². The lowest BCUT2D eigenvalue weighted by Crippen LogP contribution is -2.28. The number of fused-ring (bicyclic) bond motifs is 3. The summed E-state index contributed by atoms with van der Waals surface area (Å²) in [5.74, 6) is 0.599. The first-order valence-corrected chi connectivity index (χ1v) is 9.18. The SMILES string of the molecule is CC(C1CCCC1)n1c(=S)[nH]c2sc3c(c2c1=O)CCC3. The van der Waals surface area contributed by atoms with Gasteiger partial charge in [-0.2, -0.15) is 0 Å². The van der Waals surface area contributed by atoms with E-state index in [4.69, 9.17) is 12.2 Å². The Balaban J connectivity index is 1.92. The van der Waals surface area contributed by atoms with Crippen molar-refractivity contribution < 1.29 is 0 Å². The van der Waals surface area contributed by atoms with E-state index in [9.17, 15) is 4.79 Å². The van der Waals surface area contributed by atoms with Crippen LogP contribution in [0, 0.1) is 10.7 Å². The lowest BCUT2D eigenvalue weighted by Gasteiger charge is -2.21. The zero-order chi connectivity index (χ0) is 14.6. The van der Waals surface area contributed by atoms with E-state index < -0.39 is 0 Å². The lowest BCUT2D eigenvalue weighted by atomic mass is 9.99. The van der Waals surface area contributed by atoms with Gasteiger partial charge in [-0.3, -0.25) is 9.36 Å². The van der Waals surface area contributed by atoms with Crippen LogP contribution in [0.1, 0.15) is 55.5 Å². The Morgan fingerprint density at radius 2 is 2.05 bits per heavy atom. The number of H-pyrrole nitrogens is 1. The van der Waals surface area contributed by atoms with Gasteiger partial charge in [0.25, 0.3) is 5.56 Å². The molecule has 0 spiro atoms. The Hall–Kier alpha value is -0.940. The summed E-state index contributed by atoms with van der Waals surface area (Å²) in [7, 11) is 0. The summed E-state index contributed by atoms with van der Waals surface area (Å²) in [4.78, 5) is 18.8. The van der Waals surface area contributed by atoms with E-state index in [-0.39, 0.29) is 11.6 Å². The van der Waals surface area contributed by atoms with Crippen LogP contribution in [-0.2, 0) is 12.8 Å². The third kappa shape index (κ3) is 2.05. The molecule has 1 N–H and O–H groups in total. The molecule has 2 aromatic heterocycles. The third-order valence-corrected chi connectivity index (χ3v) is 6.79. The summed E-state index contributed by atoms with van der Waals surface area (Å²) in [5, 5.41) is 0.922. The van der Waals surface area contributed by atoms with Gasteiger partial charge in [0.05, 0.1) is 5.39 Å². The summed E-state index contributed by atoms with van der Waals surface area (Å²) in [6.45, 7) is 2.17. The van der Waals surface area contributed by atoms with Gasteiger partial charge in [0, 0.05) is 10.9 Å². The van der Waals surface area contributed by atoms with Crippen molar-refractivity contribution in [1.29, 1.82) is 0 Å². The number of thiophene rings is 1. The van der Waals surface area contributed by atoms with Crippen molar-refractivity contribution in [2.24, 2.45) is 5.92 Å². The molecule has 21 heavy (non-hydrogen) atoms. The smallest absolute Gasteiger partial charge is 0.263 e. The van der Waals surface area contributed by atoms with Crippen molar-refractivity contribution in [3.05, 3.63) is 25.6 Å². The minimum atomic E-state index is 0.146. The maximum absolute atomic E-state index is 13.1. The van der Waals surface area contributed by atoms with Crippen LogP contribution in [-0.4, -0.2) is 9.55 Å². The second-order valence-electron chi connectivity index (χ2n) is 6.45. The quantitative estimate of drug-likeness (QED) is 0.835. The second kappa shape index (κ2) is 5.06. The molecule has 0 aliphatic heterocycles. The Morgan fingerprint density at radius 3 is 2.81 bits per heavy atom. The Morgan fingerprint density at radius 1 is 1.29 bits per heavy atom. The van der Waals surface area contributed by atoms with Gasteiger partial charge in [-0.25, -0.2) is 0 Å². The first-order valence-electron chi connectivity index (χ1n) is 7.96. The zero-order valence-electron chi connectivity index (χ0n) is 12.3. The molecule has 1 atom stereocenters. The molecule has 2 aromatic rings. The van der Waals surface area contributed by atoms with Crippen molar-refractivity contribution in [2.75, 3.05) is 0 Å². The first kappa shape index (κ1) is 13.7. The summed E-state index contributed by atoms with van der Waals surface area (Å²) in [6.07, 6.45) is 8.38. The molecule has 5 heteroatoms. The van der Waals surface area contributed by atoms with Gasteiger partial charge in [-0.15, -0.1) is 11.3 Å². The molecule has 0 bridgehead atoms. The number of hydrogen-bond donors (Lipinski definition) is 1. The molecule has 3 nitrogen and oxygen atoms in total. The molecular weight excluding hydrogens is 300 g/mol. The van der Waals surface area contributed by atoms with Gasteiger partial charge < -0.3 is 4.98 Å². The summed E-state index contributed by atoms with van der Waals surface area (Å²) in [5.41, 5.74) is 1.44. The fourth-order valence-corrected chi connectivity index (χ4v) is 5.81. The molecule has 1 unspecified atom stereocenters. The van der Waals surface area contributed by atoms with Crippen molar-refractivity contribution in [3.8, 4) is 0 Å². The van der Waals surface area contributed by atoms with E-state index in [1.165, 1.54) is 42.5 Å². The summed E-state index contributed by atoms with van der Waals surface area (Å²) >= 11 is 7.23. The standard InChI is InChI=1S/C16H20N2OS2/c1-9(10-5-2-3-6-10)18-15(19)13-11-7-4-8-12(11)21-14(13)17-16(18)20/h9-10H,2-8H2,1H3,(H,17,20). The maximum atomic E-state index is 13.1. The molecule has 2 aliphatic carbocycles. The van der Waals surface area contributed by atoms with Crippen molar-refractivity contribution in [2.45, 2.75) is 57.9 Å². The normalized spacial score (nSPS) is 20.2. The number of rotatable bonds is 2. The average Bonchev–Trinajstić information content (AvgIpc) is 3.13. The topological polar surface area (TPSA) is 37.8 Å². The molecule has 4 rings (SSSR count). The van der Waals surface area contributed by atoms with Crippen LogP contribution in [0.15, 0.2) is 4.79 Å². The Kier molecular flexibility index (Phi) is 3.30. The first-order chi connectivity index (χ1) is 10.2.